The first-order chi connectivity index (χ1) is 18.7. The Hall–Kier alpha value is -3.03. The molecule has 0 aliphatic carbocycles. The van der Waals surface area contributed by atoms with Gasteiger partial charge in [0.25, 0.3) is 10.0 Å². The third kappa shape index (κ3) is 6.47. The van der Waals surface area contributed by atoms with Crippen molar-refractivity contribution in [2.45, 2.75) is 42.3 Å². The zero-order valence-corrected chi connectivity index (χ0v) is 23.2. The van der Waals surface area contributed by atoms with E-state index in [1.54, 1.807) is 4.90 Å². The van der Waals surface area contributed by atoms with Crippen molar-refractivity contribution in [3.63, 3.8) is 0 Å². The number of likely N-dealkylation sites (N-methyl/N-ethyl adjacent to an activating group) is 1. The van der Waals surface area contributed by atoms with Crippen LogP contribution < -0.4 is 9.62 Å². The molecule has 2 aromatic carbocycles. The van der Waals surface area contributed by atoms with Crippen molar-refractivity contribution in [3.8, 4) is 0 Å². The Morgan fingerprint density at radius 3 is 2.42 bits per heavy atom. The van der Waals surface area contributed by atoms with Gasteiger partial charge in [-0.25, -0.2) is 27.2 Å². The molecule has 0 spiro atoms. The number of rotatable bonds is 8. The second-order valence-corrected chi connectivity index (χ2v) is 11.9. The van der Waals surface area contributed by atoms with Crippen LogP contribution in [0.5, 0.6) is 0 Å². The summed E-state index contributed by atoms with van der Waals surface area (Å²) in [4.78, 5) is 9.94. The van der Waals surface area contributed by atoms with Crippen molar-refractivity contribution in [3.05, 3.63) is 76.7 Å². The fourth-order valence-electron chi connectivity index (χ4n) is 4.96. The minimum atomic E-state index is -4.63. The van der Waals surface area contributed by atoms with Gasteiger partial charge >= 0.3 is 6.18 Å². The number of sulfonamides is 1. The lowest BCUT2D eigenvalue weighted by Crippen LogP contribution is -2.56. The van der Waals surface area contributed by atoms with E-state index in [0.717, 1.165) is 30.6 Å². The summed E-state index contributed by atoms with van der Waals surface area (Å²) in [6.07, 6.45) is -0.142. The van der Waals surface area contributed by atoms with Gasteiger partial charge in [0.15, 0.2) is 4.90 Å². The van der Waals surface area contributed by atoms with Gasteiger partial charge in [0, 0.05) is 35.5 Å². The van der Waals surface area contributed by atoms with Gasteiger partial charge in [-0.15, -0.1) is 0 Å². The highest BCUT2D eigenvalue weighted by molar-refractivity contribution is 7.92. The average molecular weight is 604 g/mol. The zero-order valence-electron chi connectivity index (χ0n) is 21.6. The molecule has 0 bridgehead atoms. The first-order valence-electron chi connectivity index (χ1n) is 12.3. The van der Waals surface area contributed by atoms with E-state index in [4.69, 9.17) is 11.6 Å². The number of piperidine rings is 1. The molecule has 4 rings (SSSR count). The Labute approximate surface area is 234 Å². The van der Waals surface area contributed by atoms with E-state index < -0.39 is 43.8 Å². The number of hydrogen-bond donors (Lipinski definition) is 1. The maximum absolute atomic E-state index is 15.1. The smallest absolute Gasteiger partial charge is 0.370 e. The van der Waals surface area contributed by atoms with E-state index in [-0.39, 0.29) is 22.9 Å². The molecule has 1 fully saturated rings. The fraction of sp³-hybridized carbons (Fsp3) is 0.385. The fourth-order valence-corrected chi connectivity index (χ4v) is 6.30. The summed E-state index contributed by atoms with van der Waals surface area (Å²) in [5.41, 5.74) is -0.829. The van der Waals surface area contributed by atoms with Crippen LogP contribution in [0.1, 0.15) is 30.4 Å². The van der Waals surface area contributed by atoms with Crippen LogP contribution >= 0.6 is 11.6 Å². The van der Waals surface area contributed by atoms with Crippen LogP contribution in [0, 0.1) is 11.6 Å². The molecule has 0 unspecified atom stereocenters. The average Bonchev–Trinajstić information content (AvgIpc) is 2.87. The molecule has 40 heavy (non-hydrogen) atoms. The molecular formula is C26H27ClF5N5O2S. The highest BCUT2D eigenvalue weighted by Crippen LogP contribution is 2.37. The summed E-state index contributed by atoms with van der Waals surface area (Å²) < 4.78 is 97.4. The number of nitrogens with one attached hydrogen (secondary N) is 1. The molecule has 1 aliphatic rings. The number of aryl methyl sites for hydroxylation is 1. The molecule has 216 valence electrons. The van der Waals surface area contributed by atoms with Crippen LogP contribution in [0.4, 0.5) is 33.5 Å². The number of alkyl halides is 3. The highest BCUT2D eigenvalue weighted by atomic mass is 35.5. The third-order valence-corrected chi connectivity index (χ3v) is 8.95. The predicted octanol–water partition coefficient (Wildman–Crippen LogP) is 5.76. The van der Waals surface area contributed by atoms with Gasteiger partial charge in [-0.05, 0) is 81.7 Å². The van der Waals surface area contributed by atoms with Crippen LogP contribution in [-0.4, -0.2) is 56.0 Å². The number of nitrogens with zero attached hydrogens (tertiary/aromatic N) is 4. The molecule has 0 saturated carbocycles. The lowest BCUT2D eigenvalue weighted by Gasteiger charge is -2.48. The molecular weight excluding hydrogens is 577 g/mol. The predicted molar refractivity (Wildman–Crippen MR) is 142 cm³/mol. The molecule has 0 amide bonds. The number of halogens is 6. The molecule has 1 aliphatic heterocycles. The maximum Gasteiger partial charge on any atom is 0.416 e. The second-order valence-electron chi connectivity index (χ2n) is 9.89. The van der Waals surface area contributed by atoms with Gasteiger partial charge < -0.3 is 9.80 Å². The third-order valence-electron chi connectivity index (χ3n) is 7.17. The summed E-state index contributed by atoms with van der Waals surface area (Å²) in [6.45, 7) is 0.755. The Kier molecular flexibility index (Phi) is 8.57. The van der Waals surface area contributed by atoms with E-state index >= 15 is 8.78 Å². The number of aromatic nitrogens is 2. The Balaban J connectivity index is 1.58. The number of anilines is 2. The Morgan fingerprint density at radius 1 is 1.12 bits per heavy atom. The van der Waals surface area contributed by atoms with E-state index in [0.29, 0.717) is 37.9 Å². The highest BCUT2D eigenvalue weighted by Gasteiger charge is 2.39. The number of hydrogen-bond acceptors (Lipinski definition) is 6. The number of benzene rings is 2. The lowest BCUT2D eigenvalue weighted by molar-refractivity contribution is -0.137. The summed E-state index contributed by atoms with van der Waals surface area (Å²) in [6, 6.07) is 6.39. The van der Waals surface area contributed by atoms with Crippen molar-refractivity contribution in [2.24, 2.45) is 0 Å². The maximum atomic E-state index is 15.1. The van der Waals surface area contributed by atoms with Gasteiger partial charge in [0.05, 0.1) is 5.56 Å². The molecule has 3 aromatic rings. The molecule has 1 aromatic heterocycles. The first-order valence-corrected chi connectivity index (χ1v) is 14.1. The van der Waals surface area contributed by atoms with E-state index in [2.05, 4.69) is 9.97 Å². The molecule has 2 heterocycles. The summed E-state index contributed by atoms with van der Waals surface area (Å²) in [5, 5.41) is 0.228. The van der Waals surface area contributed by atoms with Crippen molar-refractivity contribution in [1.82, 2.24) is 14.9 Å². The van der Waals surface area contributed by atoms with E-state index in [1.165, 1.54) is 18.3 Å². The molecule has 14 heteroatoms. The molecule has 7 nitrogen and oxygen atoms in total. The van der Waals surface area contributed by atoms with Crippen molar-refractivity contribution in [1.29, 1.82) is 0 Å². The zero-order chi connectivity index (χ0) is 29.3. The summed E-state index contributed by atoms with van der Waals surface area (Å²) in [7, 11) is -0.945. The van der Waals surface area contributed by atoms with Gasteiger partial charge in [0.2, 0.25) is 0 Å². The van der Waals surface area contributed by atoms with Gasteiger partial charge in [-0.3, -0.25) is 4.72 Å². The monoisotopic (exact) mass is 603 g/mol. The SMILES string of the molecule is CN(C)[C@]1(CCc2cc(C(F)(F)F)ccc2Cl)CCCN(c2cc(F)c(S(=O)(=O)Nc3ccncn3)c(F)c2)C1. The van der Waals surface area contributed by atoms with Crippen molar-refractivity contribution >= 4 is 33.1 Å². The Morgan fingerprint density at radius 2 is 1.82 bits per heavy atom. The van der Waals surface area contributed by atoms with E-state index in [9.17, 15) is 21.6 Å². The van der Waals surface area contributed by atoms with Crippen LogP contribution in [0.15, 0.2) is 53.8 Å². The van der Waals surface area contributed by atoms with Crippen LogP contribution in [-0.2, 0) is 22.6 Å². The minimum Gasteiger partial charge on any atom is -0.370 e. The van der Waals surface area contributed by atoms with Crippen molar-refractivity contribution < 1.29 is 30.4 Å². The minimum absolute atomic E-state index is 0.148. The lowest BCUT2D eigenvalue weighted by atomic mass is 9.82. The standard InChI is InChI=1S/C26H27ClF5N5O2S/c1-36(2)25(9-6-17-12-18(26(30,31)32)4-5-20(17)27)8-3-11-37(15-25)19-13-21(28)24(22(29)14-19)40(38,39)35-23-7-10-33-16-34-23/h4-5,7,10,12-14,16H,3,6,8-9,11,15H2,1-2H3,(H,33,34,35)/t25-/m0/s1. The quantitative estimate of drug-likeness (QED) is 0.330. The Bertz CT molecular complexity index is 1450. The molecule has 1 N–H and O–H groups in total. The van der Waals surface area contributed by atoms with Crippen LogP contribution in [0.3, 0.4) is 0 Å². The molecule has 0 radical (unpaired) electrons. The topological polar surface area (TPSA) is 78.4 Å². The van der Waals surface area contributed by atoms with Crippen molar-refractivity contribution in [2.75, 3.05) is 36.8 Å². The normalized spacial score (nSPS) is 18.3. The molecule has 1 saturated heterocycles. The van der Waals surface area contributed by atoms with Gasteiger partial charge in [-0.1, -0.05) is 11.6 Å². The van der Waals surface area contributed by atoms with Gasteiger partial charge in [0.1, 0.15) is 23.8 Å². The molecule has 1 atom stereocenters. The largest absolute Gasteiger partial charge is 0.416 e. The first kappa shape index (κ1) is 29.9. The van der Waals surface area contributed by atoms with Crippen LogP contribution in [0.2, 0.25) is 5.02 Å². The summed E-state index contributed by atoms with van der Waals surface area (Å²) in [5.74, 6) is -2.69. The second kappa shape index (κ2) is 11.5. The van der Waals surface area contributed by atoms with Crippen LogP contribution in [0.25, 0.3) is 0 Å². The van der Waals surface area contributed by atoms with E-state index in [1.807, 2.05) is 23.7 Å². The summed E-state index contributed by atoms with van der Waals surface area (Å²) >= 11 is 6.22. The van der Waals surface area contributed by atoms with Gasteiger partial charge in [-0.2, -0.15) is 13.2 Å².